The maximum absolute atomic E-state index is 13.8. The second kappa shape index (κ2) is 8.62. The van der Waals surface area contributed by atoms with Crippen LogP contribution < -0.4 is 0 Å². The summed E-state index contributed by atoms with van der Waals surface area (Å²) in [6.45, 7) is 8.13. The Kier molecular flexibility index (Phi) is 5.88. The summed E-state index contributed by atoms with van der Waals surface area (Å²) in [5, 5.41) is 16.5. The van der Waals surface area contributed by atoms with Crippen LogP contribution in [0.2, 0.25) is 0 Å². The van der Waals surface area contributed by atoms with Crippen molar-refractivity contribution in [1.82, 2.24) is 14.8 Å². The van der Waals surface area contributed by atoms with Crippen LogP contribution in [0.25, 0.3) is 10.9 Å². The molecular weight excluding hydrogens is 450 g/mol. The number of aliphatic hydroxyl groups is 1. The highest BCUT2D eigenvalue weighted by molar-refractivity contribution is 5.84. The minimum atomic E-state index is -0.533. The zero-order valence-corrected chi connectivity index (χ0v) is 22.4. The first-order valence-corrected chi connectivity index (χ1v) is 14.2. The first kappa shape index (κ1) is 24.5. The number of hydrogen-bond acceptors (Lipinski definition) is 5. The lowest BCUT2D eigenvalue weighted by molar-refractivity contribution is -0.175. The van der Waals surface area contributed by atoms with Crippen molar-refractivity contribution in [2.45, 2.75) is 84.3 Å². The van der Waals surface area contributed by atoms with Crippen LogP contribution in [0.3, 0.4) is 0 Å². The molecule has 4 aliphatic carbocycles. The van der Waals surface area contributed by atoms with E-state index in [9.17, 15) is 9.90 Å². The molecule has 6 nitrogen and oxygen atoms in total. The van der Waals surface area contributed by atoms with Crippen LogP contribution in [0.15, 0.2) is 24.7 Å². The number of nitrogens with zero attached hydrogens (tertiary/aromatic N) is 3. The van der Waals surface area contributed by atoms with Gasteiger partial charge in [0, 0.05) is 31.2 Å². The van der Waals surface area contributed by atoms with Crippen molar-refractivity contribution in [3.8, 4) is 0 Å². The van der Waals surface area contributed by atoms with E-state index in [1.807, 2.05) is 37.2 Å². The SMILES string of the molecule is COC[C@H]1C[C@H]2C[C@](C)(O)CC[C@]2(C)[C@H]2CC[C@]3(C)[C@@H](C(=O)Cn4ncc5ccncc54)CC[C@H]3[C@H]12. The lowest BCUT2D eigenvalue weighted by Crippen LogP contribution is -2.59. The minimum absolute atomic E-state index is 0.0504. The summed E-state index contributed by atoms with van der Waals surface area (Å²) < 4.78 is 7.66. The van der Waals surface area contributed by atoms with Crippen molar-refractivity contribution in [3.05, 3.63) is 24.7 Å². The summed E-state index contributed by atoms with van der Waals surface area (Å²) in [4.78, 5) is 18.1. The van der Waals surface area contributed by atoms with Crippen LogP contribution >= 0.6 is 0 Å². The molecule has 2 aromatic heterocycles. The molecule has 0 unspecified atom stereocenters. The molecule has 0 radical (unpaired) electrons. The molecule has 4 saturated carbocycles. The van der Waals surface area contributed by atoms with E-state index in [4.69, 9.17) is 4.74 Å². The Bertz CT molecular complexity index is 1140. The van der Waals surface area contributed by atoms with Crippen LogP contribution in [0.4, 0.5) is 0 Å². The molecule has 196 valence electrons. The maximum atomic E-state index is 13.8. The number of carbonyl (C=O) groups is 1. The average molecular weight is 494 g/mol. The van der Waals surface area contributed by atoms with E-state index in [0.29, 0.717) is 47.3 Å². The van der Waals surface area contributed by atoms with Crippen LogP contribution in [0, 0.1) is 46.3 Å². The molecule has 1 N–H and O–H groups in total. The Morgan fingerprint density at radius 3 is 2.72 bits per heavy atom. The number of carbonyl (C=O) groups excluding carboxylic acids is 1. The molecule has 0 bridgehead atoms. The Labute approximate surface area is 215 Å². The zero-order valence-electron chi connectivity index (χ0n) is 22.4. The largest absolute Gasteiger partial charge is 0.390 e. The Hall–Kier alpha value is -1.79. The molecule has 2 heterocycles. The molecule has 0 aromatic carbocycles. The number of hydrogen-bond donors (Lipinski definition) is 1. The highest BCUT2D eigenvalue weighted by Crippen LogP contribution is 2.69. The number of rotatable bonds is 5. The van der Waals surface area contributed by atoms with Gasteiger partial charge in [-0.2, -0.15) is 5.10 Å². The molecule has 2 aromatic rings. The van der Waals surface area contributed by atoms with Crippen LogP contribution in [-0.4, -0.2) is 45.0 Å². The maximum Gasteiger partial charge on any atom is 0.157 e. The van der Waals surface area contributed by atoms with E-state index in [-0.39, 0.29) is 11.3 Å². The molecule has 6 heteroatoms. The van der Waals surface area contributed by atoms with Gasteiger partial charge in [0.05, 0.1) is 23.5 Å². The third kappa shape index (κ3) is 3.69. The molecule has 36 heavy (non-hydrogen) atoms. The van der Waals surface area contributed by atoms with Crippen molar-refractivity contribution < 1.29 is 14.6 Å². The van der Waals surface area contributed by atoms with Gasteiger partial charge in [-0.1, -0.05) is 13.8 Å². The number of ketones is 1. The highest BCUT2D eigenvalue weighted by atomic mass is 16.5. The van der Waals surface area contributed by atoms with Crippen molar-refractivity contribution in [2.24, 2.45) is 46.3 Å². The topological polar surface area (TPSA) is 77.2 Å². The predicted octanol–water partition coefficient (Wildman–Crippen LogP) is 5.28. The number of Topliss-reactive ketones (excluding diaryl/α,β-unsaturated/α-hetero) is 1. The van der Waals surface area contributed by atoms with Gasteiger partial charge in [-0.15, -0.1) is 0 Å². The van der Waals surface area contributed by atoms with E-state index in [1.165, 1.54) is 6.42 Å². The molecule has 0 spiro atoms. The van der Waals surface area contributed by atoms with E-state index in [0.717, 1.165) is 62.5 Å². The summed E-state index contributed by atoms with van der Waals surface area (Å²) >= 11 is 0. The number of methoxy groups -OCH3 is 1. The monoisotopic (exact) mass is 493 g/mol. The molecule has 0 aliphatic heterocycles. The van der Waals surface area contributed by atoms with Gasteiger partial charge in [0.1, 0.15) is 6.54 Å². The standard InChI is InChI=1S/C30H43N3O3/c1-28(35)10-11-29(2)21(14-28)13-20(18-36-4)27-23-6-5-22(30(23,3)9-7-24(27)29)26(34)17-33-25-16-31-12-8-19(25)15-32-33/h8,12,15-16,20-24,27,35H,5-7,9-11,13-14,17-18H2,1-4H3/t20-,21+,22-,23+,24+,27+,28-,29+,30-/m1/s1. The van der Waals surface area contributed by atoms with Gasteiger partial charge < -0.3 is 9.84 Å². The molecule has 0 saturated heterocycles. The van der Waals surface area contributed by atoms with Crippen LogP contribution in [-0.2, 0) is 16.1 Å². The van der Waals surface area contributed by atoms with Gasteiger partial charge in [0.25, 0.3) is 0 Å². The lowest BCUT2D eigenvalue weighted by atomic mass is 9.42. The third-order valence-corrected chi connectivity index (χ3v) is 11.7. The number of fused-ring (bicyclic) bond motifs is 6. The fourth-order valence-corrected chi connectivity index (χ4v) is 9.82. The van der Waals surface area contributed by atoms with Crippen molar-refractivity contribution in [3.63, 3.8) is 0 Å². The fourth-order valence-electron chi connectivity index (χ4n) is 9.82. The fraction of sp³-hybridized carbons (Fsp3) is 0.767. The van der Waals surface area contributed by atoms with Crippen molar-refractivity contribution >= 4 is 16.7 Å². The first-order chi connectivity index (χ1) is 17.2. The van der Waals surface area contributed by atoms with E-state index < -0.39 is 5.60 Å². The van der Waals surface area contributed by atoms with E-state index in [2.05, 4.69) is 23.9 Å². The quantitative estimate of drug-likeness (QED) is 0.613. The first-order valence-electron chi connectivity index (χ1n) is 14.2. The van der Waals surface area contributed by atoms with Crippen molar-refractivity contribution in [2.75, 3.05) is 13.7 Å². The summed E-state index contributed by atoms with van der Waals surface area (Å²) in [6, 6.07) is 1.95. The molecule has 6 rings (SSSR count). The Morgan fingerprint density at radius 1 is 1.11 bits per heavy atom. The lowest BCUT2D eigenvalue weighted by Gasteiger charge is -2.64. The van der Waals surface area contributed by atoms with Gasteiger partial charge in [-0.25, -0.2) is 0 Å². The summed E-state index contributed by atoms with van der Waals surface area (Å²) in [6.07, 6.45) is 14.0. The average Bonchev–Trinajstić information content (AvgIpc) is 3.41. The number of ether oxygens (including phenoxy) is 1. The molecular formula is C30H43N3O3. The van der Waals surface area contributed by atoms with Gasteiger partial charge >= 0.3 is 0 Å². The van der Waals surface area contributed by atoms with Gasteiger partial charge in [0.2, 0.25) is 0 Å². The molecule has 4 aliphatic rings. The second-order valence-electron chi connectivity index (χ2n) is 13.5. The van der Waals surface area contributed by atoms with Gasteiger partial charge in [-0.05, 0) is 105 Å². The second-order valence-corrected chi connectivity index (χ2v) is 13.5. The summed E-state index contributed by atoms with van der Waals surface area (Å²) in [5.41, 5.74) is 0.749. The Morgan fingerprint density at radius 2 is 1.92 bits per heavy atom. The van der Waals surface area contributed by atoms with E-state index >= 15 is 0 Å². The van der Waals surface area contributed by atoms with Gasteiger partial charge in [-0.3, -0.25) is 14.5 Å². The Balaban J connectivity index is 1.27. The smallest absolute Gasteiger partial charge is 0.157 e. The van der Waals surface area contributed by atoms with E-state index in [1.54, 1.807) is 6.20 Å². The summed E-state index contributed by atoms with van der Waals surface area (Å²) in [5.74, 6) is 3.37. The number of pyridine rings is 1. The van der Waals surface area contributed by atoms with Crippen molar-refractivity contribution in [1.29, 1.82) is 0 Å². The summed E-state index contributed by atoms with van der Waals surface area (Å²) in [7, 11) is 1.84. The van der Waals surface area contributed by atoms with Crippen LogP contribution in [0.5, 0.6) is 0 Å². The molecule has 4 fully saturated rings. The number of aromatic nitrogens is 3. The molecule has 9 atom stereocenters. The normalized spacial score (nSPS) is 44.1. The van der Waals surface area contributed by atoms with Crippen LogP contribution in [0.1, 0.15) is 72.1 Å². The van der Waals surface area contributed by atoms with Gasteiger partial charge in [0.15, 0.2) is 5.78 Å². The highest BCUT2D eigenvalue weighted by Gasteiger charge is 2.63. The minimum Gasteiger partial charge on any atom is -0.390 e. The predicted molar refractivity (Wildman–Crippen MR) is 139 cm³/mol. The molecule has 0 amide bonds. The third-order valence-electron chi connectivity index (χ3n) is 11.7. The zero-order chi connectivity index (χ0) is 25.3.